The van der Waals surface area contributed by atoms with Crippen LogP contribution in [-0.4, -0.2) is 5.91 Å². The third-order valence-corrected chi connectivity index (χ3v) is 5.35. The number of benzene rings is 4. The number of para-hydroxylation sites is 1. The molecule has 142 valence electrons. The van der Waals surface area contributed by atoms with E-state index in [2.05, 4.69) is 5.32 Å². The predicted molar refractivity (Wildman–Crippen MR) is 119 cm³/mol. The van der Waals surface area contributed by atoms with Crippen molar-refractivity contribution in [2.45, 2.75) is 12.3 Å². The van der Waals surface area contributed by atoms with Gasteiger partial charge in [-0.15, -0.1) is 0 Å². The summed E-state index contributed by atoms with van der Waals surface area (Å²) in [6.45, 7) is 2.00. The average Bonchev–Trinajstić information content (AvgIpc) is 2.78. The van der Waals surface area contributed by atoms with Crippen molar-refractivity contribution in [2.75, 3.05) is 5.32 Å². The molecule has 0 saturated heterocycles. The third-order valence-electron chi connectivity index (χ3n) is 5.35. The van der Waals surface area contributed by atoms with Crippen LogP contribution >= 0.6 is 0 Å². The molecule has 0 aliphatic carbocycles. The highest BCUT2D eigenvalue weighted by Crippen LogP contribution is 2.40. The van der Waals surface area contributed by atoms with Crippen LogP contribution in [0.25, 0.3) is 0 Å². The van der Waals surface area contributed by atoms with Gasteiger partial charge in [0.2, 0.25) is 5.91 Å². The summed E-state index contributed by atoms with van der Waals surface area (Å²) in [5.41, 5.74) is 3.69. The molecule has 0 atom stereocenters. The molecule has 2 heteroatoms. The number of carbonyl (C=O) groups is 1. The van der Waals surface area contributed by atoms with E-state index < -0.39 is 5.41 Å². The van der Waals surface area contributed by atoms with Crippen LogP contribution in [0, 0.1) is 6.92 Å². The summed E-state index contributed by atoms with van der Waals surface area (Å²) in [4.78, 5) is 14.1. The van der Waals surface area contributed by atoms with Crippen LogP contribution in [0.15, 0.2) is 115 Å². The van der Waals surface area contributed by atoms with E-state index in [1.165, 1.54) is 0 Å². The van der Waals surface area contributed by atoms with E-state index in [1.54, 1.807) is 0 Å². The van der Waals surface area contributed by atoms with Gasteiger partial charge in [-0.25, -0.2) is 0 Å². The fourth-order valence-electron chi connectivity index (χ4n) is 3.89. The van der Waals surface area contributed by atoms with Crippen molar-refractivity contribution >= 4 is 11.6 Å². The highest BCUT2D eigenvalue weighted by atomic mass is 16.2. The molecule has 0 aliphatic heterocycles. The molecular formula is C27H23NO. The minimum Gasteiger partial charge on any atom is -0.324 e. The fraction of sp³-hybridized carbons (Fsp3) is 0.0741. The Balaban J connectivity index is 1.97. The van der Waals surface area contributed by atoms with E-state index in [-0.39, 0.29) is 5.91 Å². The molecule has 4 aromatic rings. The summed E-state index contributed by atoms with van der Waals surface area (Å²) in [6, 6.07) is 37.8. The highest BCUT2D eigenvalue weighted by Gasteiger charge is 2.43. The van der Waals surface area contributed by atoms with Gasteiger partial charge in [-0.05, 0) is 35.2 Å². The lowest BCUT2D eigenvalue weighted by atomic mass is 9.68. The lowest BCUT2D eigenvalue weighted by Crippen LogP contribution is -2.42. The monoisotopic (exact) mass is 377 g/mol. The van der Waals surface area contributed by atoms with Gasteiger partial charge in [0.1, 0.15) is 5.41 Å². The smallest absolute Gasteiger partial charge is 0.244 e. The van der Waals surface area contributed by atoms with E-state index in [0.29, 0.717) is 0 Å². The number of hydrogen-bond acceptors (Lipinski definition) is 1. The number of carbonyl (C=O) groups excluding carboxylic acids is 1. The molecule has 0 aromatic heterocycles. The Morgan fingerprint density at radius 2 is 0.966 bits per heavy atom. The van der Waals surface area contributed by atoms with Gasteiger partial charge in [-0.1, -0.05) is 109 Å². The summed E-state index contributed by atoms with van der Waals surface area (Å²) in [5, 5.41) is 3.21. The zero-order valence-electron chi connectivity index (χ0n) is 16.4. The minimum absolute atomic E-state index is 0.0737. The Morgan fingerprint density at radius 1 is 0.586 bits per heavy atom. The van der Waals surface area contributed by atoms with Crippen LogP contribution in [0.5, 0.6) is 0 Å². The second kappa shape index (κ2) is 8.15. The van der Waals surface area contributed by atoms with Crippen LogP contribution in [0.1, 0.15) is 22.3 Å². The molecule has 0 fully saturated rings. The van der Waals surface area contributed by atoms with Gasteiger partial charge >= 0.3 is 0 Å². The normalized spacial score (nSPS) is 11.1. The van der Waals surface area contributed by atoms with Crippen molar-refractivity contribution in [2.24, 2.45) is 0 Å². The van der Waals surface area contributed by atoms with Gasteiger partial charge in [0.15, 0.2) is 0 Å². The zero-order chi connectivity index (χ0) is 20.1. The SMILES string of the molecule is Cc1ccccc1NC(=O)C(c1ccccc1)(c1ccccc1)c1ccccc1. The molecule has 4 aromatic carbocycles. The van der Waals surface area contributed by atoms with E-state index >= 15 is 0 Å². The quantitative estimate of drug-likeness (QED) is 0.427. The molecule has 0 aliphatic rings. The molecule has 1 N–H and O–H groups in total. The van der Waals surface area contributed by atoms with Crippen LogP contribution < -0.4 is 5.32 Å². The van der Waals surface area contributed by atoms with Gasteiger partial charge in [0, 0.05) is 5.69 Å². The van der Waals surface area contributed by atoms with Gasteiger partial charge in [-0.2, -0.15) is 0 Å². The average molecular weight is 377 g/mol. The largest absolute Gasteiger partial charge is 0.324 e. The molecule has 29 heavy (non-hydrogen) atoms. The second-order valence-electron chi connectivity index (χ2n) is 7.12. The predicted octanol–water partition coefficient (Wildman–Crippen LogP) is 5.97. The molecule has 0 bridgehead atoms. The highest BCUT2D eigenvalue weighted by molar-refractivity contribution is 6.05. The summed E-state index contributed by atoms with van der Waals surface area (Å²) >= 11 is 0. The first-order valence-electron chi connectivity index (χ1n) is 9.76. The van der Waals surface area contributed by atoms with Crippen molar-refractivity contribution in [3.8, 4) is 0 Å². The van der Waals surface area contributed by atoms with Gasteiger partial charge in [-0.3, -0.25) is 4.79 Å². The van der Waals surface area contributed by atoms with Gasteiger partial charge in [0.05, 0.1) is 0 Å². The molecule has 0 radical (unpaired) electrons. The summed E-state index contributed by atoms with van der Waals surface area (Å²) in [5.74, 6) is -0.0737. The van der Waals surface area contributed by atoms with Crippen LogP contribution in [0.3, 0.4) is 0 Å². The number of amides is 1. The maximum atomic E-state index is 14.1. The number of rotatable bonds is 5. The van der Waals surface area contributed by atoms with Crippen molar-refractivity contribution in [3.05, 3.63) is 138 Å². The molecule has 2 nitrogen and oxygen atoms in total. The molecule has 0 unspecified atom stereocenters. The van der Waals surface area contributed by atoms with E-state index in [9.17, 15) is 4.79 Å². The Hall–Kier alpha value is -3.65. The molecular weight excluding hydrogens is 354 g/mol. The Kier molecular flexibility index (Phi) is 5.26. The first kappa shape index (κ1) is 18.7. The molecule has 0 spiro atoms. The molecule has 4 rings (SSSR count). The van der Waals surface area contributed by atoms with Crippen molar-refractivity contribution in [3.63, 3.8) is 0 Å². The van der Waals surface area contributed by atoms with Crippen LogP contribution in [0.2, 0.25) is 0 Å². The standard InChI is InChI=1S/C27H23NO/c1-21-13-11-12-20-25(21)28-26(29)27(22-14-5-2-6-15-22,23-16-7-3-8-17-23)24-18-9-4-10-19-24/h2-20H,1H3,(H,28,29). The Labute approximate surface area is 171 Å². The first-order chi connectivity index (χ1) is 14.2. The van der Waals surface area contributed by atoms with E-state index in [0.717, 1.165) is 27.9 Å². The zero-order valence-corrected chi connectivity index (χ0v) is 16.4. The first-order valence-corrected chi connectivity index (χ1v) is 9.76. The maximum Gasteiger partial charge on any atom is 0.244 e. The van der Waals surface area contributed by atoms with Crippen LogP contribution in [0.4, 0.5) is 5.69 Å². The lowest BCUT2D eigenvalue weighted by molar-refractivity contribution is -0.119. The van der Waals surface area contributed by atoms with Gasteiger partial charge in [0.25, 0.3) is 0 Å². The van der Waals surface area contributed by atoms with Crippen LogP contribution in [-0.2, 0) is 10.2 Å². The third kappa shape index (κ3) is 3.45. The number of aryl methyl sites for hydroxylation is 1. The Bertz CT molecular complexity index is 992. The maximum absolute atomic E-state index is 14.1. The van der Waals surface area contributed by atoms with Crippen molar-refractivity contribution < 1.29 is 4.79 Å². The van der Waals surface area contributed by atoms with E-state index in [1.807, 2.05) is 122 Å². The fourth-order valence-corrected chi connectivity index (χ4v) is 3.89. The summed E-state index contributed by atoms with van der Waals surface area (Å²) in [7, 11) is 0. The van der Waals surface area contributed by atoms with Gasteiger partial charge < -0.3 is 5.32 Å². The van der Waals surface area contributed by atoms with Crippen molar-refractivity contribution in [1.82, 2.24) is 0 Å². The minimum atomic E-state index is -0.966. The molecule has 0 saturated carbocycles. The lowest BCUT2D eigenvalue weighted by Gasteiger charge is -2.34. The Morgan fingerprint density at radius 3 is 1.38 bits per heavy atom. The van der Waals surface area contributed by atoms with Crippen molar-refractivity contribution in [1.29, 1.82) is 0 Å². The molecule has 1 amide bonds. The topological polar surface area (TPSA) is 29.1 Å². The number of anilines is 1. The number of nitrogens with one attached hydrogen (secondary N) is 1. The second-order valence-corrected chi connectivity index (χ2v) is 7.12. The summed E-state index contributed by atoms with van der Waals surface area (Å²) < 4.78 is 0. The number of hydrogen-bond donors (Lipinski definition) is 1. The summed E-state index contributed by atoms with van der Waals surface area (Å²) in [6.07, 6.45) is 0. The van der Waals surface area contributed by atoms with E-state index in [4.69, 9.17) is 0 Å². The molecule has 0 heterocycles.